The van der Waals surface area contributed by atoms with E-state index in [-0.39, 0.29) is 0 Å². The average Bonchev–Trinajstić information content (AvgIpc) is 3.31. The largest absolute Gasteiger partial charge is 0.370 e. The Bertz CT molecular complexity index is 908. The smallest absolute Gasteiger partial charge is 0.314 e. The number of ether oxygens (including phenoxy) is 1. The molecular weight excluding hydrogens is 390 g/mol. The minimum atomic E-state index is -0.657. The maximum Gasteiger partial charge on any atom is 0.314 e. The molecule has 0 unspecified atom stereocenters. The molecule has 0 spiro atoms. The van der Waals surface area contributed by atoms with Crippen LogP contribution >= 0.6 is 11.8 Å². The summed E-state index contributed by atoms with van der Waals surface area (Å²) < 4.78 is 7.07. The molecule has 154 valence electrons. The number of aryl methyl sites for hydroxylation is 1. The van der Waals surface area contributed by atoms with Crippen molar-refractivity contribution >= 4 is 29.4 Å². The van der Waals surface area contributed by atoms with Crippen molar-refractivity contribution < 1.29 is 19.2 Å². The summed E-state index contributed by atoms with van der Waals surface area (Å²) in [6, 6.07) is 7.93. The number of nitrogens with zero attached hydrogens (tertiary/aromatic N) is 2. The van der Waals surface area contributed by atoms with Crippen molar-refractivity contribution in [2.24, 2.45) is 0 Å². The Morgan fingerprint density at radius 3 is 2.86 bits per heavy atom. The first kappa shape index (κ1) is 19.9. The number of hydrogen-bond donors (Lipinski definition) is 3. The molecule has 9 heteroatoms. The zero-order valence-corrected chi connectivity index (χ0v) is 17.3. The molecule has 8 nitrogen and oxygen atoms in total. The van der Waals surface area contributed by atoms with Crippen LogP contribution in [0.15, 0.2) is 24.3 Å². The summed E-state index contributed by atoms with van der Waals surface area (Å²) in [4.78, 5) is 26.2. The van der Waals surface area contributed by atoms with E-state index in [9.17, 15) is 9.59 Å². The minimum absolute atomic E-state index is 0.465. The first-order valence-corrected chi connectivity index (χ1v) is 11.0. The van der Waals surface area contributed by atoms with Crippen molar-refractivity contribution in [3.05, 3.63) is 41.1 Å². The summed E-state index contributed by atoms with van der Waals surface area (Å²) in [7, 11) is 0. The maximum atomic E-state index is 12.5. The van der Waals surface area contributed by atoms with E-state index in [2.05, 4.69) is 15.7 Å². The number of nitrogens with one attached hydrogen (secondary N) is 3. The summed E-state index contributed by atoms with van der Waals surface area (Å²) in [5.74, 6) is 0.906. The van der Waals surface area contributed by atoms with E-state index < -0.39 is 11.8 Å². The van der Waals surface area contributed by atoms with Gasteiger partial charge in [-0.15, -0.1) is 0 Å². The zero-order valence-electron chi connectivity index (χ0n) is 16.5. The number of thioether (sulfide) groups is 1. The number of carbonyl (C=O) groups excluding carboxylic acids is 2. The normalized spacial score (nSPS) is 16.4. The van der Waals surface area contributed by atoms with E-state index in [1.165, 1.54) is 4.90 Å². The lowest BCUT2D eigenvalue weighted by atomic mass is 10.2. The van der Waals surface area contributed by atoms with E-state index in [1.807, 2.05) is 31.2 Å². The lowest BCUT2D eigenvalue weighted by Gasteiger charge is -2.23. The van der Waals surface area contributed by atoms with Crippen molar-refractivity contribution in [3.8, 4) is 5.69 Å². The van der Waals surface area contributed by atoms with Crippen LogP contribution in [0, 0.1) is 6.92 Å². The van der Waals surface area contributed by atoms with Crippen LogP contribution in [0.2, 0.25) is 0 Å². The highest BCUT2D eigenvalue weighted by Crippen LogP contribution is 2.36. The predicted molar refractivity (Wildman–Crippen MR) is 111 cm³/mol. The van der Waals surface area contributed by atoms with E-state index in [4.69, 9.17) is 4.74 Å². The first-order valence-electron chi connectivity index (χ1n) is 9.88. The number of anilines is 1. The van der Waals surface area contributed by atoms with Gasteiger partial charge in [-0.1, -0.05) is 12.1 Å². The molecule has 1 saturated heterocycles. The number of aromatic nitrogens is 2. The minimum Gasteiger partial charge on any atom is -0.370 e. The highest BCUT2D eigenvalue weighted by atomic mass is 32.2. The number of benzene rings is 1. The van der Waals surface area contributed by atoms with Crippen LogP contribution in [0.3, 0.4) is 0 Å². The van der Waals surface area contributed by atoms with E-state index in [0.29, 0.717) is 12.4 Å². The van der Waals surface area contributed by atoms with Crippen LogP contribution < -0.4 is 15.5 Å². The fourth-order valence-corrected chi connectivity index (χ4v) is 4.63. The number of hydrogen-bond acceptors (Lipinski definition) is 5. The molecule has 1 aromatic carbocycles. The van der Waals surface area contributed by atoms with Gasteiger partial charge in [0.1, 0.15) is 18.9 Å². The Morgan fingerprint density at radius 1 is 1.24 bits per heavy atom. The Balaban J connectivity index is 1.43. The second-order valence-corrected chi connectivity index (χ2v) is 8.33. The van der Waals surface area contributed by atoms with Crippen molar-refractivity contribution in [2.75, 3.05) is 44.7 Å². The van der Waals surface area contributed by atoms with Gasteiger partial charge in [0.15, 0.2) is 0 Å². The molecule has 0 saturated carbocycles. The van der Waals surface area contributed by atoms with Gasteiger partial charge in [0.05, 0.1) is 37.7 Å². The Labute approximate surface area is 174 Å². The van der Waals surface area contributed by atoms with Gasteiger partial charge in [-0.25, -0.2) is 4.68 Å². The Kier molecular flexibility index (Phi) is 6.17. The second kappa shape index (κ2) is 8.98. The third-order valence-corrected chi connectivity index (χ3v) is 6.17. The SMILES string of the molecule is Cc1cccc(-n2nc3c(c2NC(=O)C(=O)NCC[NH+]2CCOCC2)CSC3)c1. The number of amides is 2. The van der Waals surface area contributed by atoms with Gasteiger partial charge in [-0.2, -0.15) is 16.9 Å². The lowest BCUT2D eigenvalue weighted by molar-refractivity contribution is -0.906. The van der Waals surface area contributed by atoms with Crippen molar-refractivity contribution in [1.82, 2.24) is 15.1 Å². The molecule has 3 N–H and O–H groups in total. The van der Waals surface area contributed by atoms with Crippen molar-refractivity contribution in [1.29, 1.82) is 0 Å². The van der Waals surface area contributed by atoms with Crippen LogP contribution in [0.25, 0.3) is 5.69 Å². The van der Waals surface area contributed by atoms with Crippen LogP contribution in [0.5, 0.6) is 0 Å². The second-order valence-electron chi connectivity index (χ2n) is 7.34. The van der Waals surface area contributed by atoms with E-state index >= 15 is 0 Å². The monoisotopic (exact) mass is 416 g/mol. The molecule has 0 radical (unpaired) electrons. The Hall–Kier alpha value is -2.36. The fraction of sp³-hybridized carbons (Fsp3) is 0.450. The molecule has 2 aliphatic heterocycles. The van der Waals surface area contributed by atoms with Crippen LogP contribution in [0.4, 0.5) is 5.82 Å². The Morgan fingerprint density at radius 2 is 2.07 bits per heavy atom. The van der Waals surface area contributed by atoms with Gasteiger partial charge in [0.2, 0.25) is 0 Å². The molecule has 0 bridgehead atoms. The highest BCUT2D eigenvalue weighted by Gasteiger charge is 2.26. The third-order valence-electron chi connectivity index (χ3n) is 5.20. The van der Waals surface area contributed by atoms with Gasteiger partial charge in [-0.05, 0) is 24.6 Å². The molecule has 3 heterocycles. The van der Waals surface area contributed by atoms with Gasteiger partial charge in [0.25, 0.3) is 0 Å². The standard InChI is InChI=1S/C20H25N5O3S/c1-14-3-2-4-15(11-14)25-18(16-12-29-13-17(16)23-25)22-20(27)19(26)21-5-6-24-7-9-28-10-8-24/h2-4,11H,5-10,12-13H2,1H3,(H,21,26)(H,22,27)/p+1. The van der Waals surface area contributed by atoms with E-state index in [0.717, 1.165) is 66.9 Å². The number of morpholine rings is 1. The highest BCUT2D eigenvalue weighted by molar-refractivity contribution is 7.98. The first-order chi connectivity index (χ1) is 14.1. The molecule has 2 aromatic rings. The number of fused-ring (bicyclic) bond motifs is 1. The number of rotatable bonds is 5. The van der Waals surface area contributed by atoms with Crippen LogP contribution in [0.1, 0.15) is 16.8 Å². The van der Waals surface area contributed by atoms with Gasteiger partial charge in [0, 0.05) is 17.1 Å². The molecule has 0 aliphatic carbocycles. The zero-order chi connectivity index (χ0) is 20.2. The summed E-state index contributed by atoms with van der Waals surface area (Å²) in [6.07, 6.45) is 0. The molecule has 4 rings (SSSR count). The molecule has 29 heavy (non-hydrogen) atoms. The van der Waals surface area contributed by atoms with Crippen molar-refractivity contribution in [2.45, 2.75) is 18.4 Å². The van der Waals surface area contributed by atoms with E-state index in [1.54, 1.807) is 16.4 Å². The van der Waals surface area contributed by atoms with Crippen LogP contribution in [-0.2, 0) is 25.8 Å². The van der Waals surface area contributed by atoms with Gasteiger partial charge in [-0.3, -0.25) is 9.59 Å². The third kappa shape index (κ3) is 4.63. The summed E-state index contributed by atoms with van der Waals surface area (Å²) in [6.45, 7) is 6.62. The van der Waals surface area contributed by atoms with Crippen molar-refractivity contribution in [3.63, 3.8) is 0 Å². The summed E-state index contributed by atoms with van der Waals surface area (Å²) in [5.41, 5.74) is 3.93. The topological polar surface area (TPSA) is 89.7 Å². The molecule has 1 fully saturated rings. The lowest BCUT2D eigenvalue weighted by Crippen LogP contribution is -3.14. The molecule has 2 amide bonds. The molecule has 1 aromatic heterocycles. The van der Waals surface area contributed by atoms with Gasteiger partial charge >= 0.3 is 11.8 Å². The quantitative estimate of drug-likeness (QED) is 0.593. The maximum absolute atomic E-state index is 12.5. The molecule has 2 aliphatic rings. The van der Waals surface area contributed by atoms with Crippen LogP contribution in [-0.4, -0.2) is 61.0 Å². The summed E-state index contributed by atoms with van der Waals surface area (Å²) >= 11 is 1.76. The number of quaternary nitrogens is 1. The predicted octanol–water partition coefficient (Wildman–Crippen LogP) is -0.103. The summed E-state index contributed by atoms with van der Waals surface area (Å²) in [5, 5.41) is 10.2. The molecule has 0 atom stereocenters. The average molecular weight is 417 g/mol. The number of carbonyl (C=O) groups is 2. The van der Waals surface area contributed by atoms with Gasteiger partial charge < -0.3 is 20.3 Å². The molecular formula is C20H26N5O3S+. The fourth-order valence-electron chi connectivity index (χ4n) is 3.60.